The summed E-state index contributed by atoms with van der Waals surface area (Å²) in [5.74, 6) is 0.622. The number of hydrogen-bond donors (Lipinski definition) is 0. The van der Waals surface area contributed by atoms with Gasteiger partial charge in [-0.3, -0.25) is 0 Å². The smallest absolute Gasteiger partial charge is 0.0742 e. The Morgan fingerprint density at radius 2 is 2.23 bits per heavy atom. The molecule has 13 heavy (non-hydrogen) atoms. The zero-order chi connectivity index (χ0) is 9.90. The van der Waals surface area contributed by atoms with Crippen LogP contribution in [0.5, 0.6) is 0 Å². The topological polar surface area (TPSA) is 9.23 Å². The molecule has 0 saturated carbocycles. The number of allylic oxidation sites excluding steroid dienone is 1. The summed E-state index contributed by atoms with van der Waals surface area (Å²) in [6, 6.07) is 0. The molecule has 0 aromatic rings. The Bertz CT molecular complexity index is 193. The van der Waals surface area contributed by atoms with Gasteiger partial charge < -0.3 is 4.74 Å². The first-order valence-corrected chi connectivity index (χ1v) is 5.40. The van der Waals surface area contributed by atoms with E-state index < -0.39 is 0 Å². The first-order valence-electron chi connectivity index (χ1n) is 5.40. The van der Waals surface area contributed by atoms with Crippen LogP contribution >= 0.6 is 0 Å². The van der Waals surface area contributed by atoms with E-state index in [1.807, 2.05) is 0 Å². The highest BCUT2D eigenvalue weighted by Gasteiger charge is 2.34. The Kier molecular flexibility index (Phi) is 3.55. The summed E-state index contributed by atoms with van der Waals surface area (Å²) in [6.45, 7) is 9.69. The minimum atomic E-state index is 0.133. The van der Waals surface area contributed by atoms with E-state index in [0.717, 1.165) is 13.0 Å². The summed E-state index contributed by atoms with van der Waals surface area (Å²) in [6.07, 6.45) is 5.85. The summed E-state index contributed by atoms with van der Waals surface area (Å²) >= 11 is 0. The fourth-order valence-corrected chi connectivity index (χ4v) is 2.07. The Morgan fingerprint density at radius 3 is 2.62 bits per heavy atom. The molecule has 0 radical (unpaired) electrons. The Hall–Kier alpha value is -0.300. The Labute approximate surface area is 82.2 Å². The molecule has 0 aromatic carbocycles. The predicted octanol–water partition coefficient (Wildman–Crippen LogP) is 3.55. The molecule has 0 heterocycles. The van der Waals surface area contributed by atoms with Crippen molar-refractivity contribution in [3.8, 4) is 0 Å². The molecule has 0 spiro atoms. The van der Waals surface area contributed by atoms with Crippen molar-refractivity contribution in [1.82, 2.24) is 0 Å². The van der Waals surface area contributed by atoms with E-state index in [4.69, 9.17) is 4.74 Å². The van der Waals surface area contributed by atoms with Gasteiger partial charge in [0, 0.05) is 6.61 Å². The zero-order valence-electron chi connectivity index (χ0n) is 9.39. The van der Waals surface area contributed by atoms with Crippen molar-refractivity contribution < 1.29 is 4.74 Å². The van der Waals surface area contributed by atoms with E-state index >= 15 is 0 Å². The quantitative estimate of drug-likeness (QED) is 0.606. The van der Waals surface area contributed by atoms with E-state index in [9.17, 15) is 0 Å². The van der Waals surface area contributed by atoms with Crippen LogP contribution in [0.2, 0.25) is 0 Å². The molecule has 0 saturated heterocycles. The molecule has 0 bridgehead atoms. The summed E-state index contributed by atoms with van der Waals surface area (Å²) in [7, 11) is 0. The second-order valence-corrected chi connectivity index (χ2v) is 4.41. The Balaban J connectivity index is 2.70. The van der Waals surface area contributed by atoms with Crippen LogP contribution in [0.15, 0.2) is 11.6 Å². The molecule has 1 rings (SSSR count). The average molecular weight is 182 g/mol. The van der Waals surface area contributed by atoms with Crippen molar-refractivity contribution >= 4 is 0 Å². The molecule has 0 amide bonds. The van der Waals surface area contributed by atoms with Crippen LogP contribution in [-0.4, -0.2) is 12.2 Å². The van der Waals surface area contributed by atoms with E-state index in [1.165, 1.54) is 18.4 Å². The zero-order valence-corrected chi connectivity index (χ0v) is 9.39. The lowest BCUT2D eigenvalue weighted by atomic mass is 9.78. The van der Waals surface area contributed by atoms with Crippen LogP contribution in [0.4, 0.5) is 0 Å². The van der Waals surface area contributed by atoms with Gasteiger partial charge in [0.05, 0.1) is 5.60 Å². The van der Waals surface area contributed by atoms with E-state index in [0.29, 0.717) is 5.92 Å². The van der Waals surface area contributed by atoms with Gasteiger partial charge in [-0.05, 0) is 39.0 Å². The molecule has 0 unspecified atom stereocenters. The van der Waals surface area contributed by atoms with Gasteiger partial charge in [-0.1, -0.05) is 25.5 Å². The van der Waals surface area contributed by atoms with Gasteiger partial charge in [0.1, 0.15) is 0 Å². The maximum Gasteiger partial charge on any atom is 0.0742 e. The second-order valence-electron chi connectivity index (χ2n) is 4.41. The molecule has 0 N–H and O–H groups in total. The fourth-order valence-electron chi connectivity index (χ4n) is 2.07. The molecular weight excluding hydrogens is 160 g/mol. The highest BCUT2D eigenvalue weighted by Crippen LogP contribution is 2.36. The highest BCUT2D eigenvalue weighted by molar-refractivity contribution is 5.09. The molecular formula is C12H22O. The summed E-state index contributed by atoms with van der Waals surface area (Å²) in [5.41, 5.74) is 1.66. The maximum absolute atomic E-state index is 5.94. The van der Waals surface area contributed by atoms with Crippen molar-refractivity contribution in [2.24, 2.45) is 5.92 Å². The molecule has 1 aliphatic rings. The van der Waals surface area contributed by atoms with Crippen molar-refractivity contribution in [3.05, 3.63) is 11.6 Å². The minimum Gasteiger partial charge on any atom is -0.375 e. The third kappa shape index (κ3) is 2.34. The Morgan fingerprint density at radius 1 is 1.54 bits per heavy atom. The van der Waals surface area contributed by atoms with Gasteiger partial charge in [0.25, 0.3) is 0 Å². The lowest BCUT2D eigenvalue weighted by Gasteiger charge is -2.39. The molecule has 1 atom stereocenters. The molecule has 1 aliphatic carbocycles. The third-order valence-electron chi connectivity index (χ3n) is 3.22. The molecule has 0 aromatic heterocycles. The van der Waals surface area contributed by atoms with Crippen LogP contribution < -0.4 is 0 Å². The monoisotopic (exact) mass is 182 g/mol. The van der Waals surface area contributed by atoms with Gasteiger partial charge in [-0.2, -0.15) is 0 Å². The van der Waals surface area contributed by atoms with E-state index in [2.05, 4.69) is 33.8 Å². The van der Waals surface area contributed by atoms with E-state index in [-0.39, 0.29) is 5.60 Å². The third-order valence-corrected chi connectivity index (χ3v) is 3.22. The second kappa shape index (κ2) is 4.28. The van der Waals surface area contributed by atoms with Crippen molar-refractivity contribution in [1.29, 1.82) is 0 Å². The van der Waals surface area contributed by atoms with Crippen molar-refractivity contribution in [3.63, 3.8) is 0 Å². The fraction of sp³-hybridized carbons (Fsp3) is 0.833. The van der Waals surface area contributed by atoms with Gasteiger partial charge in [0.2, 0.25) is 0 Å². The highest BCUT2D eigenvalue weighted by atomic mass is 16.5. The molecule has 1 heteroatoms. The number of hydrogen-bond acceptors (Lipinski definition) is 1. The summed E-state index contributed by atoms with van der Waals surface area (Å²) < 4.78 is 5.94. The van der Waals surface area contributed by atoms with E-state index in [1.54, 1.807) is 0 Å². The minimum absolute atomic E-state index is 0.133. The van der Waals surface area contributed by atoms with Crippen LogP contribution in [0.1, 0.15) is 47.0 Å². The van der Waals surface area contributed by atoms with Crippen molar-refractivity contribution in [2.75, 3.05) is 6.61 Å². The number of rotatable bonds is 3. The van der Waals surface area contributed by atoms with Gasteiger partial charge in [0.15, 0.2) is 0 Å². The standard InChI is InChI=1S/C12H22O/c1-5-13-12(10(2)3)8-6-11(4)7-9-12/h6,10H,5,7-9H2,1-4H3/t12-/m1/s1. The van der Waals surface area contributed by atoms with Crippen LogP contribution in [0.25, 0.3) is 0 Å². The van der Waals surface area contributed by atoms with Crippen LogP contribution in [0, 0.1) is 5.92 Å². The van der Waals surface area contributed by atoms with Crippen LogP contribution in [-0.2, 0) is 4.74 Å². The van der Waals surface area contributed by atoms with Gasteiger partial charge in [-0.25, -0.2) is 0 Å². The summed E-state index contributed by atoms with van der Waals surface area (Å²) in [5, 5.41) is 0. The average Bonchev–Trinajstić information content (AvgIpc) is 2.09. The normalized spacial score (nSPS) is 29.2. The largest absolute Gasteiger partial charge is 0.375 e. The molecule has 76 valence electrons. The van der Waals surface area contributed by atoms with Crippen LogP contribution in [0.3, 0.4) is 0 Å². The first-order chi connectivity index (χ1) is 6.10. The maximum atomic E-state index is 5.94. The molecule has 1 nitrogen and oxygen atoms in total. The van der Waals surface area contributed by atoms with Gasteiger partial charge in [-0.15, -0.1) is 0 Å². The lowest BCUT2D eigenvalue weighted by Crippen LogP contribution is -2.39. The number of ether oxygens (including phenoxy) is 1. The molecule has 0 aliphatic heterocycles. The van der Waals surface area contributed by atoms with Gasteiger partial charge >= 0.3 is 0 Å². The SMILES string of the molecule is CCO[C@]1(C(C)C)CC=C(C)CC1. The molecule has 0 fully saturated rings. The predicted molar refractivity (Wildman–Crippen MR) is 56.8 cm³/mol. The lowest BCUT2D eigenvalue weighted by molar-refractivity contribution is -0.0794. The first kappa shape index (κ1) is 10.8. The van der Waals surface area contributed by atoms with Crippen molar-refractivity contribution in [2.45, 2.75) is 52.6 Å². The summed E-state index contributed by atoms with van der Waals surface area (Å²) in [4.78, 5) is 0.